The number of nitriles is 1. The van der Waals surface area contributed by atoms with Crippen LogP contribution in [0.4, 0.5) is 0 Å². The highest BCUT2D eigenvalue weighted by Gasteiger charge is 2.39. The van der Waals surface area contributed by atoms with Gasteiger partial charge in [-0.25, -0.2) is 0 Å². The second-order valence-corrected chi connectivity index (χ2v) is 5.88. The monoisotopic (exact) mass is 213 g/mol. The van der Waals surface area contributed by atoms with E-state index in [1.54, 1.807) is 0 Å². The summed E-state index contributed by atoms with van der Waals surface area (Å²) < 4.78 is 0. The van der Waals surface area contributed by atoms with Crippen molar-refractivity contribution in [3.63, 3.8) is 0 Å². The van der Waals surface area contributed by atoms with Crippen LogP contribution in [0.5, 0.6) is 0 Å². The molecule has 0 radical (unpaired) electrons. The van der Waals surface area contributed by atoms with Crippen LogP contribution in [0.2, 0.25) is 0 Å². The van der Waals surface area contributed by atoms with E-state index < -0.39 is 0 Å². The Labute approximate surface area is 98.1 Å². The average molecular weight is 213 g/mol. The minimum absolute atomic E-state index is 0.163. The number of rotatable bonds is 1. The van der Waals surface area contributed by atoms with Gasteiger partial charge in [-0.3, -0.25) is 0 Å². The van der Waals surface area contributed by atoms with E-state index in [2.05, 4.69) is 51.1 Å². The summed E-state index contributed by atoms with van der Waals surface area (Å²) in [6, 6.07) is 11.1. The van der Waals surface area contributed by atoms with Crippen LogP contribution in [0.15, 0.2) is 24.3 Å². The van der Waals surface area contributed by atoms with Gasteiger partial charge in [-0.2, -0.15) is 5.26 Å². The van der Waals surface area contributed by atoms with Crippen molar-refractivity contribution in [2.24, 2.45) is 0 Å². The van der Waals surface area contributed by atoms with Crippen LogP contribution in [0.3, 0.4) is 0 Å². The lowest BCUT2D eigenvalue weighted by molar-refractivity contribution is 0.323. The normalized spacial score (nSPS) is 18.6. The zero-order valence-electron chi connectivity index (χ0n) is 10.4. The maximum atomic E-state index is 9.33. The Bertz CT molecular complexity index is 427. The van der Waals surface area contributed by atoms with E-state index in [0.717, 1.165) is 12.8 Å². The summed E-state index contributed by atoms with van der Waals surface area (Å²) in [6.07, 6.45) is 3.24. The van der Waals surface area contributed by atoms with Gasteiger partial charge in [0, 0.05) is 0 Å². The zero-order valence-corrected chi connectivity index (χ0v) is 10.4. The molecule has 0 atom stereocenters. The maximum Gasteiger partial charge on any atom is 0.0822 e. The molecule has 1 aliphatic carbocycles. The lowest BCUT2D eigenvalue weighted by Gasteiger charge is -2.36. The molecule has 84 valence electrons. The molecule has 1 fully saturated rings. The van der Waals surface area contributed by atoms with Crippen molar-refractivity contribution in [2.45, 2.75) is 50.9 Å². The fourth-order valence-electron chi connectivity index (χ4n) is 2.28. The molecule has 1 aromatic carbocycles. The van der Waals surface area contributed by atoms with Crippen LogP contribution in [0.1, 0.15) is 51.2 Å². The van der Waals surface area contributed by atoms with Crippen molar-refractivity contribution >= 4 is 0 Å². The van der Waals surface area contributed by atoms with Gasteiger partial charge in [0.15, 0.2) is 0 Å². The zero-order chi connectivity index (χ0) is 11.8. The van der Waals surface area contributed by atoms with Crippen molar-refractivity contribution in [3.8, 4) is 6.07 Å². The Kier molecular flexibility index (Phi) is 2.54. The number of hydrogen-bond donors (Lipinski definition) is 0. The summed E-state index contributed by atoms with van der Waals surface area (Å²) in [7, 11) is 0. The summed E-state index contributed by atoms with van der Waals surface area (Å²) in [6.45, 7) is 6.64. The van der Waals surface area contributed by atoms with Crippen molar-refractivity contribution in [1.29, 1.82) is 5.26 Å². The third-order valence-electron chi connectivity index (χ3n) is 3.70. The summed E-state index contributed by atoms with van der Waals surface area (Å²) in [4.78, 5) is 0. The molecule has 1 heteroatoms. The van der Waals surface area contributed by atoms with Crippen LogP contribution in [-0.2, 0) is 10.8 Å². The second-order valence-electron chi connectivity index (χ2n) is 5.88. The van der Waals surface area contributed by atoms with Gasteiger partial charge in [0.1, 0.15) is 0 Å². The first-order chi connectivity index (χ1) is 7.48. The van der Waals surface area contributed by atoms with E-state index in [1.807, 2.05) is 0 Å². The van der Waals surface area contributed by atoms with E-state index >= 15 is 0 Å². The predicted octanol–water partition coefficient (Wildman–Crippen LogP) is 3.93. The van der Waals surface area contributed by atoms with Crippen molar-refractivity contribution < 1.29 is 0 Å². The van der Waals surface area contributed by atoms with Gasteiger partial charge in [-0.1, -0.05) is 45.0 Å². The highest BCUT2D eigenvalue weighted by Crippen LogP contribution is 2.43. The third-order valence-corrected chi connectivity index (χ3v) is 3.70. The molecule has 1 nitrogen and oxygen atoms in total. The first-order valence-corrected chi connectivity index (χ1v) is 6.00. The first kappa shape index (κ1) is 11.2. The fourth-order valence-corrected chi connectivity index (χ4v) is 2.28. The summed E-state index contributed by atoms with van der Waals surface area (Å²) in [5.74, 6) is 0. The van der Waals surface area contributed by atoms with Crippen LogP contribution in [-0.4, -0.2) is 0 Å². The van der Waals surface area contributed by atoms with E-state index in [4.69, 9.17) is 0 Å². The van der Waals surface area contributed by atoms with Gasteiger partial charge in [0.2, 0.25) is 0 Å². The van der Waals surface area contributed by atoms with Crippen molar-refractivity contribution in [3.05, 3.63) is 35.4 Å². The highest BCUT2D eigenvalue weighted by molar-refractivity contribution is 5.39. The standard InChI is InChI=1S/C15H19N/c1-14(2,3)12-6-4-7-13(10-12)15(11-16)8-5-9-15/h4,6-7,10H,5,8-9H2,1-3H3. The molecule has 0 amide bonds. The van der Waals surface area contributed by atoms with Crippen LogP contribution < -0.4 is 0 Å². The molecule has 1 saturated carbocycles. The lowest BCUT2D eigenvalue weighted by Crippen LogP contribution is -2.32. The third kappa shape index (κ3) is 1.73. The molecular weight excluding hydrogens is 194 g/mol. The van der Waals surface area contributed by atoms with Crippen molar-refractivity contribution in [1.82, 2.24) is 0 Å². The van der Waals surface area contributed by atoms with E-state index in [9.17, 15) is 5.26 Å². The summed E-state index contributed by atoms with van der Waals surface area (Å²) in [5.41, 5.74) is 2.53. The molecule has 0 spiro atoms. The smallest absolute Gasteiger partial charge is 0.0822 e. The molecule has 0 N–H and O–H groups in total. The number of benzene rings is 1. The molecule has 1 aliphatic rings. The second kappa shape index (κ2) is 3.63. The molecule has 16 heavy (non-hydrogen) atoms. The number of nitrogens with zero attached hydrogens (tertiary/aromatic N) is 1. The fraction of sp³-hybridized carbons (Fsp3) is 0.533. The van der Waals surface area contributed by atoms with E-state index in [0.29, 0.717) is 0 Å². The Balaban J connectivity index is 2.41. The predicted molar refractivity (Wildman–Crippen MR) is 66.3 cm³/mol. The summed E-state index contributed by atoms with van der Waals surface area (Å²) >= 11 is 0. The Morgan fingerprint density at radius 1 is 1.25 bits per heavy atom. The van der Waals surface area contributed by atoms with Gasteiger partial charge < -0.3 is 0 Å². The lowest BCUT2D eigenvalue weighted by atomic mass is 9.65. The van der Waals surface area contributed by atoms with Crippen LogP contribution in [0, 0.1) is 11.3 Å². The SMILES string of the molecule is CC(C)(C)c1cccc(C2(C#N)CCC2)c1. The quantitative estimate of drug-likeness (QED) is 0.693. The largest absolute Gasteiger partial charge is 0.197 e. The van der Waals surface area contributed by atoms with Gasteiger partial charge in [-0.05, 0) is 35.8 Å². The Morgan fingerprint density at radius 3 is 2.38 bits per heavy atom. The minimum atomic E-state index is -0.179. The minimum Gasteiger partial charge on any atom is -0.197 e. The van der Waals surface area contributed by atoms with E-state index in [1.165, 1.54) is 17.5 Å². The van der Waals surface area contributed by atoms with Crippen molar-refractivity contribution in [2.75, 3.05) is 0 Å². The van der Waals surface area contributed by atoms with E-state index in [-0.39, 0.29) is 10.8 Å². The molecular formula is C15H19N. The Hall–Kier alpha value is -1.29. The first-order valence-electron chi connectivity index (χ1n) is 6.00. The highest BCUT2D eigenvalue weighted by atomic mass is 14.4. The molecule has 1 aromatic rings. The molecule has 0 saturated heterocycles. The molecule has 0 aliphatic heterocycles. The molecule has 0 bridgehead atoms. The van der Waals surface area contributed by atoms with Crippen LogP contribution in [0.25, 0.3) is 0 Å². The summed E-state index contributed by atoms with van der Waals surface area (Å²) in [5, 5.41) is 9.33. The van der Waals surface area contributed by atoms with Gasteiger partial charge in [0.05, 0.1) is 11.5 Å². The molecule has 0 aromatic heterocycles. The van der Waals surface area contributed by atoms with Gasteiger partial charge in [0.25, 0.3) is 0 Å². The Morgan fingerprint density at radius 2 is 1.94 bits per heavy atom. The molecule has 2 rings (SSSR count). The van der Waals surface area contributed by atoms with Gasteiger partial charge in [-0.15, -0.1) is 0 Å². The molecule has 0 heterocycles. The molecule has 0 unspecified atom stereocenters. The average Bonchev–Trinajstić information content (AvgIpc) is 2.16. The maximum absolute atomic E-state index is 9.33. The van der Waals surface area contributed by atoms with Crippen LogP contribution >= 0.6 is 0 Å². The van der Waals surface area contributed by atoms with Gasteiger partial charge >= 0.3 is 0 Å². The topological polar surface area (TPSA) is 23.8 Å². The number of hydrogen-bond acceptors (Lipinski definition) is 1.